The predicted octanol–water partition coefficient (Wildman–Crippen LogP) is 3.42. The average Bonchev–Trinajstić information content (AvgIpc) is 2.82. The monoisotopic (exact) mass is 258 g/mol. The Hall–Kier alpha value is -2.01. The van der Waals surface area contributed by atoms with Crippen molar-refractivity contribution in [3.05, 3.63) is 23.6 Å². The number of hydrogen-bond acceptors (Lipinski definition) is 4. The van der Waals surface area contributed by atoms with Gasteiger partial charge in [-0.05, 0) is 17.5 Å². The Morgan fingerprint density at radius 1 is 1.33 bits per heavy atom. The molecule has 0 spiro atoms. The van der Waals surface area contributed by atoms with Gasteiger partial charge >= 0.3 is 0 Å². The second-order valence-electron chi connectivity index (χ2n) is 4.21. The highest BCUT2D eigenvalue weighted by Crippen LogP contribution is 2.52. The molecule has 2 aromatic heterocycles. The largest absolute Gasteiger partial charge is 0.496 e. The van der Waals surface area contributed by atoms with Gasteiger partial charge in [-0.1, -0.05) is 0 Å². The molecule has 1 aliphatic rings. The molecule has 0 amide bonds. The number of fused-ring (bicyclic) bond motifs is 2. The molecular formula is C13H10N2O2S. The molecule has 0 radical (unpaired) electrons. The molecule has 0 N–H and O–H groups in total. The van der Waals surface area contributed by atoms with Crippen LogP contribution in [-0.2, 0) is 7.05 Å². The maximum absolute atomic E-state index is 5.42. The molecule has 4 nitrogen and oxygen atoms in total. The quantitative estimate of drug-likeness (QED) is 0.517. The molecule has 0 saturated carbocycles. The number of rotatable bonds is 2. The Labute approximate surface area is 107 Å². The zero-order valence-corrected chi connectivity index (χ0v) is 10.7. The lowest BCUT2D eigenvalue weighted by Gasteiger charge is -2.03. The van der Waals surface area contributed by atoms with Crippen molar-refractivity contribution in [1.29, 1.82) is 0 Å². The number of aryl methyl sites for hydroxylation is 1. The fourth-order valence-electron chi connectivity index (χ4n) is 2.21. The minimum absolute atomic E-state index is 0.805. The molecule has 4 rings (SSSR count). The number of thiophene rings is 1. The van der Waals surface area contributed by atoms with E-state index in [4.69, 9.17) is 9.47 Å². The van der Waals surface area contributed by atoms with Crippen molar-refractivity contribution in [3.63, 3.8) is 0 Å². The van der Waals surface area contributed by atoms with Crippen LogP contribution < -0.4 is 9.47 Å². The first-order chi connectivity index (χ1) is 8.78. The van der Waals surface area contributed by atoms with Crippen LogP contribution in [0, 0.1) is 0 Å². The van der Waals surface area contributed by atoms with Gasteiger partial charge < -0.3 is 9.47 Å². The van der Waals surface area contributed by atoms with E-state index in [0.29, 0.717) is 0 Å². The van der Waals surface area contributed by atoms with Gasteiger partial charge in [-0.2, -0.15) is 5.10 Å². The van der Waals surface area contributed by atoms with Crippen LogP contribution in [0.4, 0.5) is 0 Å². The number of ether oxygens (including phenoxy) is 2. The van der Waals surface area contributed by atoms with Crippen molar-refractivity contribution in [3.8, 4) is 28.5 Å². The zero-order chi connectivity index (χ0) is 12.3. The summed E-state index contributed by atoms with van der Waals surface area (Å²) in [6.07, 6.45) is 0. The number of benzene rings is 1. The highest BCUT2D eigenvalue weighted by Gasteiger charge is 2.26. The lowest BCUT2D eigenvalue weighted by atomic mass is 10.1. The minimum atomic E-state index is 0.805. The summed E-state index contributed by atoms with van der Waals surface area (Å²) in [6.45, 7) is 0. The van der Waals surface area contributed by atoms with Gasteiger partial charge in [-0.25, -0.2) is 0 Å². The number of hydrogen-bond donors (Lipinski definition) is 0. The Morgan fingerprint density at radius 2 is 2.17 bits per heavy atom. The molecule has 0 bridgehead atoms. The molecule has 1 aliphatic heterocycles. The Balaban J connectivity index is 2.03. The van der Waals surface area contributed by atoms with Gasteiger partial charge in [0.05, 0.1) is 17.3 Å². The topological polar surface area (TPSA) is 39.6 Å². The molecule has 1 aromatic carbocycles. The third-order valence-electron chi connectivity index (χ3n) is 3.16. The van der Waals surface area contributed by atoms with E-state index in [1.807, 2.05) is 23.9 Å². The Bertz CT molecular complexity index is 773. The van der Waals surface area contributed by atoms with Gasteiger partial charge in [0.15, 0.2) is 11.5 Å². The smallest absolute Gasteiger partial charge is 0.173 e. The molecule has 3 aromatic rings. The first kappa shape index (κ1) is 9.96. The molecule has 90 valence electrons. The van der Waals surface area contributed by atoms with Gasteiger partial charge in [0.25, 0.3) is 0 Å². The highest BCUT2D eigenvalue weighted by molar-refractivity contribution is 7.17. The minimum Gasteiger partial charge on any atom is -0.496 e. The van der Waals surface area contributed by atoms with E-state index in [9.17, 15) is 0 Å². The van der Waals surface area contributed by atoms with Crippen molar-refractivity contribution in [1.82, 2.24) is 9.78 Å². The molecule has 0 atom stereocenters. The van der Waals surface area contributed by atoms with Crippen LogP contribution in [0.3, 0.4) is 0 Å². The van der Waals surface area contributed by atoms with Crippen molar-refractivity contribution in [2.75, 3.05) is 7.11 Å². The lowest BCUT2D eigenvalue weighted by Crippen LogP contribution is -1.91. The molecular weight excluding hydrogens is 248 g/mol. The van der Waals surface area contributed by atoms with Gasteiger partial charge in [-0.3, -0.25) is 4.68 Å². The summed E-state index contributed by atoms with van der Waals surface area (Å²) in [7, 11) is 3.62. The maximum atomic E-state index is 5.42. The average molecular weight is 258 g/mol. The SMILES string of the molecule is COc1cc2c(cc1-c1nn(C)c3ccsc13)O2. The summed E-state index contributed by atoms with van der Waals surface area (Å²) in [5.41, 5.74) is 3.09. The Kier molecular flexibility index (Phi) is 1.81. The summed E-state index contributed by atoms with van der Waals surface area (Å²) in [6, 6.07) is 5.99. The van der Waals surface area contributed by atoms with Crippen molar-refractivity contribution in [2.24, 2.45) is 7.05 Å². The number of aromatic nitrogens is 2. The Morgan fingerprint density at radius 3 is 3.00 bits per heavy atom. The van der Waals surface area contributed by atoms with E-state index in [-0.39, 0.29) is 0 Å². The van der Waals surface area contributed by atoms with Gasteiger partial charge in [0.1, 0.15) is 11.4 Å². The van der Waals surface area contributed by atoms with Crippen LogP contribution in [0.1, 0.15) is 0 Å². The van der Waals surface area contributed by atoms with Crippen LogP contribution in [0.25, 0.3) is 21.5 Å². The van der Waals surface area contributed by atoms with E-state index in [2.05, 4.69) is 16.5 Å². The van der Waals surface area contributed by atoms with Crippen molar-refractivity contribution >= 4 is 21.6 Å². The van der Waals surface area contributed by atoms with E-state index < -0.39 is 0 Å². The summed E-state index contributed by atoms with van der Waals surface area (Å²) in [4.78, 5) is 0. The summed E-state index contributed by atoms with van der Waals surface area (Å²) >= 11 is 1.69. The summed E-state index contributed by atoms with van der Waals surface area (Å²) in [5.74, 6) is 2.62. The molecule has 18 heavy (non-hydrogen) atoms. The van der Waals surface area contributed by atoms with Crippen LogP contribution in [0.15, 0.2) is 23.6 Å². The third kappa shape index (κ3) is 1.22. The molecule has 0 fully saturated rings. The van der Waals surface area contributed by atoms with Crippen LogP contribution in [0.2, 0.25) is 0 Å². The normalized spacial score (nSPS) is 12.3. The molecule has 0 saturated heterocycles. The summed E-state index contributed by atoms with van der Waals surface area (Å²) in [5, 5.41) is 6.66. The van der Waals surface area contributed by atoms with E-state index in [1.54, 1.807) is 18.4 Å². The van der Waals surface area contributed by atoms with Crippen molar-refractivity contribution in [2.45, 2.75) is 0 Å². The van der Waals surface area contributed by atoms with Gasteiger partial charge in [0, 0.05) is 18.7 Å². The maximum Gasteiger partial charge on any atom is 0.173 e. The first-order valence-electron chi connectivity index (χ1n) is 5.58. The van der Waals surface area contributed by atoms with E-state index >= 15 is 0 Å². The fraction of sp³-hybridized carbons (Fsp3) is 0.154. The van der Waals surface area contributed by atoms with Crippen molar-refractivity contribution < 1.29 is 9.47 Å². The van der Waals surface area contributed by atoms with Gasteiger partial charge in [0.2, 0.25) is 0 Å². The molecule has 3 heterocycles. The van der Waals surface area contributed by atoms with Crippen LogP contribution >= 0.6 is 11.3 Å². The van der Waals surface area contributed by atoms with E-state index in [0.717, 1.165) is 34.0 Å². The second-order valence-corrected chi connectivity index (χ2v) is 5.12. The standard InChI is InChI=1S/C13H10N2O2S/c1-15-8-3-4-18-13(8)12(14-15)7-5-10-11(17-10)6-9(7)16-2/h3-6H,1-2H3. The molecule has 0 unspecified atom stereocenters. The number of methoxy groups -OCH3 is 1. The predicted molar refractivity (Wildman–Crippen MR) is 70.7 cm³/mol. The molecule has 5 heteroatoms. The third-order valence-corrected chi connectivity index (χ3v) is 4.07. The van der Waals surface area contributed by atoms with E-state index in [1.165, 1.54) is 4.70 Å². The van der Waals surface area contributed by atoms with Gasteiger partial charge in [-0.15, -0.1) is 11.3 Å². The lowest BCUT2D eigenvalue weighted by molar-refractivity contribution is 0.416. The second kappa shape index (κ2) is 3.26. The number of nitrogens with zero attached hydrogens (tertiary/aromatic N) is 2. The highest BCUT2D eigenvalue weighted by atomic mass is 32.1. The van der Waals surface area contributed by atoms with Crippen LogP contribution in [0.5, 0.6) is 17.2 Å². The van der Waals surface area contributed by atoms with Crippen LogP contribution in [-0.4, -0.2) is 16.9 Å². The fourth-order valence-corrected chi connectivity index (χ4v) is 3.12. The zero-order valence-electron chi connectivity index (χ0n) is 9.93. The first-order valence-corrected chi connectivity index (χ1v) is 6.46. The summed E-state index contributed by atoms with van der Waals surface area (Å²) < 4.78 is 13.8. The molecule has 0 aliphatic carbocycles.